The van der Waals surface area contributed by atoms with E-state index in [0.717, 1.165) is 30.8 Å². The number of nitrogens with zero attached hydrogens (tertiary/aromatic N) is 2. The van der Waals surface area contributed by atoms with Crippen LogP contribution < -0.4 is 5.73 Å². The lowest BCUT2D eigenvalue weighted by Gasteiger charge is -2.31. The highest BCUT2D eigenvalue weighted by Crippen LogP contribution is 2.47. The van der Waals surface area contributed by atoms with Crippen molar-refractivity contribution in [1.82, 2.24) is 9.88 Å². The summed E-state index contributed by atoms with van der Waals surface area (Å²) in [6.07, 6.45) is 7.90. The highest BCUT2D eigenvalue weighted by Gasteiger charge is 2.45. The van der Waals surface area contributed by atoms with Crippen LogP contribution >= 0.6 is 0 Å². The third kappa shape index (κ3) is 2.29. The van der Waals surface area contributed by atoms with Crippen molar-refractivity contribution in [2.45, 2.75) is 31.8 Å². The van der Waals surface area contributed by atoms with Gasteiger partial charge in [0.25, 0.3) is 0 Å². The van der Waals surface area contributed by atoms with Crippen molar-refractivity contribution in [3.63, 3.8) is 0 Å². The summed E-state index contributed by atoms with van der Waals surface area (Å²) in [6, 6.07) is 4.64. The van der Waals surface area contributed by atoms with Gasteiger partial charge in [-0.25, -0.2) is 0 Å². The standard InChI is InChI=1S/C15H23N3/c1-18(9-11-4-6-17-7-5-11)10-14-12-2-3-13(8-12)15(14)16/h4-7,12-15H,2-3,8-10,16H2,1H3. The normalized spacial score (nSPS) is 34.4. The van der Waals surface area contributed by atoms with Gasteiger partial charge in [-0.3, -0.25) is 4.98 Å². The first kappa shape index (κ1) is 12.1. The Morgan fingerprint density at radius 2 is 2.00 bits per heavy atom. The van der Waals surface area contributed by atoms with Crippen molar-refractivity contribution in [3.05, 3.63) is 30.1 Å². The Balaban J connectivity index is 1.57. The van der Waals surface area contributed by atoms with Crippen LogP contribution in [0.1, 0.15) is 24.8 Å². The molecule has 0 amide bonds. The van der Waals surface area contributed by atoms with Gasteiger partial charge in [-0.05, 0) is 61.8 Å². The molecule has 2 aliphatic carbocycles. The Bertz CT molecular complexity index is 390. The molecule has 18 heavy (non-hydrogen) atoms. The Morgan fingerprint density at radius 1 is 1.28 bits per heavy atom. The van der Waals surface area contributed by atoms with E-state index in [1.165, 1.54) is 24.8 Å². The average Bonchev–Trinajstić information content (AvgIpc) is 2.94. The molecular formula is C15H23N3. The van der Waals surface area contributed by atoms with Gasteiger partial charge in [0.2, 0.25) is 0 Å². The fourth-order valence-corrected chi connectivity index (χ4v) is 3.95. The number of hydrogen-bond acceptors (Lipinski definition) is 3. The first-order valence-electron chi connectivity index (χ1n) is 7.07. The molecule has 0 spiro atoms. The number of fused-ring (bicyclic) bond motifs is 2. The predicted molar refractivity (Wildman–Crippen MR) is 72.9 cm³/mol. The molecule has 3 heteroatoms. The summed E-state index contributed by atoms with van der Waals surface area (Å²) in [6.45, 7) is 2.15. The van der Waals surface area contributed by atoms with Gasteiger partial charge in [0, 0.05) is 31.5 Å². The van der Waals surface area contributed by atoms with Crippen molar-refractivity contribution in [2.24, 2.45) is 23.5 Å². The van der Waals surface area contributed by atoms with Crippen LogP contribution in [0, 0.1) is 17.8 Å². The fraction of sp³-hybridized carbons (Fsp3) is 0.667. The average molecular weight is 245 g/mol. The number of pyridine rings is 1. The Labute approximate surface area is 109 Å². The SMILES string of the molecule is CN(Cc1ccncc1)CC1C2CCC(C2)C1N. The molecule has 98 valence electrons. The molecule has 2 saturated carbocycles. The summed E-state index contributed by atoms with van der Waals surface area (Å²) in [5.74, 6) is 2.43. The first-order chi connectivity index (χ1) is 8.74. The maximum Gasteiger partial charge on any atom is 0.0271 e. The molecule has 0 radical (unpaired) electrons. The number of nitrogens with two attached hydrogens (primary N) is 1. The molecule has 4 atom stereocenters. The first-order valence-corrected chi connectivity index (χ1v) is 7.07. The summed E-state index contributed by atoms with van der Waals surface area (Å²) < 4.78 is 0. The van der Waals surface area contributed by atoms with Crippen molar-refractivity contribution in [3.8, 4) is 0 Å². The lowest BCUT2D eigenvalue weighted by Crippen LogP contribution is -2.41. The van der Waals surface area contributed by atoms with Crippen LogP contribution in [0.4, 0.5) is 0 Å². The molecule has 2 bridgehead atoms. The minimum atomic E-state index is 0.448. The van der Waals surface area contributed by atoms with Crippen molar-refractivity contribution in [2.75, 3.05) is 13.6 Å². The van der Waals surface area contributed by atoms with E-state index >= 15 is 0 Å². The number of hydrogen-bond donors (Lipinski definition) is 1. The van der Waals surface area contributed by atoms with Crippen LogP contribution in [0.2, 0.25) is 0 Å². The lowest BCUT2D eigenvalue weighted by atomic mass is 9.84. The van der Waals surface area contributed by atoms with E-state index in [1.807, 2.05) is 12.4 Å². The van der Waals surface area contributed by atoms with Crippen LogP contribution in [-0.4, -0.2) is 29.5 Å². The van der Waals surface area contributed by atoms with Gasteiger partial charge in [-0.15, -0.1) is 0 Å². The van der Waals surface area contributed by atoms with E-state index in [9.17, 15) is 0 Å². The highest BCUT2D eigenvalue weighted by atomic mass is 15.1. The molecular weight excluding hydrogens is 222 g/mol. The van der Waals surface area contributed by atoms with Gasteiger partial charge in [0.1, 0.15) is 0 Å². The molecule has 2 fully saturated rings. The molecule has 0 aromatic carbocycles. The van der Waals surface area contributed by atoms with Crippen LogP contribution in [0.15, 0.2) is 24.5 Å². The lowest BCUT2D eigenvalue weighted by molar-refractivity contribution is 0.194. The predicted octanol–water partition coefficient (Wildman–Crippen LogP) is 1.89. The van der Waals surface area contributed by atoms with E-state index in [2.05, 4.69) is 29.1 Å². The number of rotatable bonds is 4. The zero-order chi connectivity index (χ0) is 12.5. The number of aromatic nitrogens is 1. The smallest absolute Gasteiger partial charge is 0.0271 e. The summed E-state index contributed by atoms with van der Waals surface area (Å²) in [5, 5.41) is 0. The molecule has 0 aliphatic heterocycles. The Kier molecular flexibility index (Phi) is 3.35. The summed E-state index contributed by atoms with van der Waals surface area (Å²) in [7, 11) is 2.21. The zero-order valence-electron chi connectivity index (χ0n) is 11.1. The van der Waals surface area contributed by atoms with E-state index in [-0.39, 0.29) is 0 Å². The highest BCUT2D eigenvalue weighted by molar-refractivity contribution is 5.09. The largest absolute Gasteiger partial charge is 0.327 e. The van der Waals surface area contributed by atoms with Crippen LogP contribution in [0.25, 0.3) is 0 Å². The Morgan fingerprint density at radius 3 is 2.67 bits per heavy atom. The quantitative estimate of drug-likeness (QED) is 0.881. The second-order valence-corrected chi connectivity index (χ2v) is 6.13. The van der Waals surface area contributed by atoms with Gasteiger partial charge in [-0.2, -0.15) is 0 Å². The van der Waals surface area contributed by atoms with Crippen molar-refractivity contribution in [1.29, 1.82) is 0 Å². The Hall–Kier alpha value is -0.930. The third-order valence-corrected chi connectivity index (χ3v) is 4.88. The van der Waals surface area contributed by atoms with Crippen LogP contribution in [0.3, 0.4) is 0 Å². The zero-order valence-corrected chi connectivity index (χ0v) is 11.1. The monoisotopic (exact) mass is 245 g/mol. The van der Waals surface area contributed by atoms with E-state index in [0.29, 0.717) is 6.04 Å². The summed E-state index contributed by atoms with van der Waals surface area (Å²) in [5.41, 5.74) is 7.71. The minimum Gasteiger partial charge on any atom is -0.327 e. The molecule has 4 unspecified atom stereocenters. The van der Waals surface area contributed by atoms with Gasteiger partial charge < -0.3 is 10.6 Å². The second kappa shape index (κ2) is 4.98. The van der Waals surface area contributed by atoms with Crippen LogP contribution in [0.5, 0.6) is 0 Å². The van der Waals surface area contributed by atoms with E-state index < -0.39 is 0 Å². The van der Waals surface area contributed by atoms with E-state index in [4.69, 9.17) is 5.73 Å². The maximum absolute atomic E-state index is 6.37. The topological polar surface area (TPSA) is 42.2 Å². The molecule has 3 rings (SSSR count). The molecule has 0 saturated heterocycles. The minimum absolute atomic E-state index is 0.448. The van der Waals surface area contributed by atoms with Gasteiger partial charge in [0.15, 0.2) is 0 Å². The van der Waals surface area contributed by atoms with Gasteiger partial charge in [0.05, 0.1) is 0 Å². The molecule has 3 nitrogen and oxygen atoms in total. The molecule has 2 aliphatic rings. The molecule has 2 N–H and O–H groups in total. The second-order valence-electron chi connectivity index (χ2n) is 6.13. The summed E-state index contributed by atoms with van der Waals surface area (Å²) >= 11 is 0. The van der Waals surface area contributed by atoms with Crippen molar-refractivity contribution < 1.29 is 0 Å². The van der Waals surface area contributed by atoms with Gasteiger partial charge >= 0.3 is 0 Å². The fourth-order valence-electron chi connectivity index (χ4n) is 3.95. The van der Waals surface area contributed by atoms with Gasteiger partial charge in [-0.1, -0.05) is 0 Å². The molecule has 1 heterocycles. The molecule has 1 aromatic rings. The van der Waals surface area contributed by atoms with Crippen LogP contribution in [-0.2, 0) is 6.54 Å². The third-order valence-electron chi connectivity index (χ3n) is 4.88. The van der Waals surface area contributed by atoms with E-state index in [1.54, 1.807) is 0 Å². The molecule has 1 aromatic heterocycles. The maximum atomic E-state index is 6.37. The van der Waals surface area contributed by atoms with Crippen molar-refractivity contribution >= 4 is 0 Å². The summed E-state index contributed by atoms with van der Waals surface area (Å²) in [4.78, 5) is 6.48.